The van der Waals surface area contributed by atoms with Crippen molar-refractivity contribution in [3.8, 4) is 0 Å². The molecule has 0 spiro atoms. The summed E-state index contributed by atoms with van der Waals surface area (Å²) in [5.41, 5.74) is 0.449. The third kappa shape index (κ3) is 1.62. The Morgan fingerprint density at radius 2 is 2.08 bits per heavy atom. The van der Waals surface area contributed by atoms with Crippen LogP contribution in [0.5, 0.6) is 0 Å². The number of nitrogens with zero attached hydrogens (tertiary/aromatic N) is 1. The highest BCUT2D eigenvalue weighted by molar-refractivity contribution is 4.97. The maximum atomic E-state index is 3.50. The minimum Gasteiger partial charge on any atom is -0.315 e. The maximum absolute atomic E-state index is 3.50. The number of nitrogens with one attached hydrogen (secondary N) is 1. The average molecular weight is 182 g/mol. The molecule has 2 rings (SSSR count). The van der Waals surface area contributed by atoms with Crippen molar-refractivity contribution in [3.63, 3.8) is 0 Å². The Labute approximate surface area is 81.7 Å². The summed E-state index contributed by atoms with van der Waals surface area (Å²) < 4.78 is 0. The Hall–Kier alpha value is -0.0800. The summed E-state index contributed by atoms with van der Waals surface area (Å²) in [5, 5.41) is 3.50. The van der Waals surface area contributed by atoms with Crippen molar-refractivity contribution in [2.45, 2.75) is 45.2 Å². The van der Waals surface area contributed by atoms with Crippen LogP contribution in [0.25, 0.3) is 0 Å². The average Bonchev–Trinajstić information content (AvgIpc) is 2.56. The Morgan fingerprint density at radius 1 is 1.31 bits per heavy atom. The zero-order chi connectivity index (χ0) is 9.47. The van der Waals surface area contributed by atoms with Gasteiger partial charge in [0.2, 0.25) is 0 Å². The lowest BCUT2D eigenvalue weighted by atomic mass is 9.97. The van der Waals surface area contributed by atoms with Crippen LogP contribution in [0.3, 0.4) is 0 Å². The second-order valence-corrected chi connectivity index (χ2v) is 5.31. The smallest absolute Gasteiger partial charge is 0.0263 e. The fraction of sp³-hybridized carbons (Fsp3) is 1.00. The number of hydrogen-bond donors (Lipinski definition) is 1. The molecule has 2 heteroatoms. The summed E-state index contributed by atoms with van der Waals surface area (Å²) >= 11 is 0. The maximum Gasteiger partial charge on any atom is 0.0263 e. The molecule has 0 aromatic rings. The van der Waals surface area contributed by atoms with Crippen molar-refractivity contribution >= 4 is 0 Å². The van der Waals surface area contributed by atoms with Gasteiger partial charge in [-0.25, -0.2) is 0 Å². The zero-order valence-corrected chi connectivity index (χ0v) is 9.14. The first kappa shape index (κ1) is 9.47. The standard InChI is InChI=1S/C11H22N2/c1-9-7-12-8-10(9)13-6-4-5-11(13,2)3/h9-10,12H,4-8H2,1-3H3. The SMILES string of the molecule is CC1CNCC1N1CCCC1(C)C. The van der Waals surface area contributed by atoms with Crippen LogP contribution in [0.1, 0.15) is 33.6 Å². The molecule has 2 fully saturated rings. The molecular weight excluding hydrogens is 160 g/mol. The van der Waals surface area contributed by atoms with Crippen molar-refractivity contribution < 1.29 is 0 Å². The van der Waals surface area contributed by atoms with Gasteiger partial charge in [-0.05, 0) is 45.7 Å². The van der Waals surface area contributed by atoms with Gasteiger partial charge >= 0.3 is 0 Å². The highest BCUT2D eigenvalue weighted by atomic mass is 15.3. The predicted molar refractivity (Wildman–Crippen MR) is 55.8 cm³/mol. The summed E-state index contributed by atoms with van der Waals surface area (Å²) in [5.74, 6) is 0.831. The summed E-state index contributed by atoms with van der Waals surface area (Å²) in [7, 11) is 0. The first-order valence-electron chi connectivity index (χ1n) is 5.59. The highest BCUT2D eigenvalue weighted by Gasteiger charge is 2.40. The van der Waals surface area contributed by atoms with E-state index in [-0.39, 0.29) is 0 Å². The van der Waals surface area contributed by atoms with Gasteiger partial charge in [0, 0.05) is 18.1 Å². The molecular formula is C11H22N2. The van der Waals surface area contributed by atoms with Gasteiger partial charge in [-0.15, -0.1) is 0 Å². The molecule has 0 amide bonds. The third-order valence-electron chi connectivity index (χ3n) is 3.84. The fourth-order valence-corrected chi connectivity index (χ4v) is 2.96. The molecule has 2 atom stereocenters. The van der Waals surface area contributed by atoms with Crippen LogP contribution in [0, 0.1) is 5.92 Å². The van der Waals surface area contributed by atoms with Gasteiger partial charge in [-0.3, -0.25) is 4.90 Å². The Morgan fingerprint density at radius 3 is 2.54 bits per heavy atom. The minimum absolute atomic E-state index is 0.449. The van der Waals surface area contributed by atoms with Crippen LogP contribution < -0.4 is 5.32 Å². The van der Waals surface area contributed by atoms with Gasteiger partial charge < -0.3 is 5.32 Å². The van der Waals surface area contributed by atoms with Crippen LogP contribution >= 0.6 is 0 Å². The number of likely N-dealkylation sites (tertiary alicyclic amines) is 1. The van der Waals surface area contributed by atoms with Gasteiger partial charge in [0.25, 0.3) is 0 Å². The van der Waals surface area contributed by atoms with Crippen LogP contribution in [0.4, 0.5) is 0 Å². The van der Waals surface area contributed by atoms with E-state index in [1.807, 2.05) is 0 Å². The second-order valence-electron chi connectivity index (χ2n) is 5.31. The first-order chi connectivity index (χ1) is 6.11. The van der Waals surface area contributed by atoms with Crippen LogP contribution in [0.15, 0.2) is 0 Å². The van der Waals surface area contributed by atoms with E-state index in [9.17, 15) is 0 Å². The van der Waals surface area contributed by atoms with Gasteiger partial charge in [-0.1, -0.05) is 6.92 Å². The lowest BCUT2D eigenvalue weighted by molar-refractivity contribution is 0.104. The molecule has 0 aromatic carbocycles. The molecule has 2 saturated heterocycles. The first-order valence-corrected chi connectivity index (χ1v) is 5.59. The molecule has 76 valence electrons. The molecule has 2 nitrogen and oxygen atoms in total. The predicted octanol–water partition coefficient (Wildman–Crippen LogP) is 1.47. The van der Waals surface area contributed by atoms with Crippen molar-refractivity contribution in [1.29, 1.82) is 0 Å². The van der Waals surface area contributed by atoms with E-state index in [1.165, 1.54) is 32.5 Å². The van der Waals surface area contributed by atoms with E-state index in [4.69, 9.17) is 0 Å². The zero-order valence-electron chi connectivity index (χ0n) is 9.14. The summed E-state index contributed by atoms with van der Waals surface area (Å²) in [4.78, 5) is 2.72. The molecule has 0 aromatic heterocycles. The van der Waals surface area contributed by atoms with Crippen molar-refractivity contribution in [2.75, 3.05) is 19.6 Å². The third-order valence-corrected chi connectivity index (χ3v) is 3.84. The van der Waals surface area contributed by atoms with Gasteiger partial charge in [0.1, 0.15) is 0 Å². The normalized spacial score (nSPS) is 39.9. The van der Waals surface area contributed by atoms with Crippen LogP contribution in [0.2, 0.25) is 0 Å². The van der Waals surface area contributed by atoms with E-state index in [2.05, 4.69) is 31.0 Å². The van der Waals surface area contributed by atoms with Gasteiger partial charge in [0.05, 0.1) is 0 Å². The van der Waals surface area contributed by atoms with Crippen LogP contribution in [-0.4, -0.2) is 36.1 Å². The molecule has 2 aliphatic rings. The number of rotatable bonds is 1. The summed E-state index contributed by atoms with van der Waals surface area (Å²) in [6, 6.07) is 0.789. The molecule has 0 aliphatic carbocycles. The summed E-state index contributed by atoms with van der Waals surface area (Å²) in [6.45, 7) is 10.9. The molecule has 2 heterocycles. The Kier molecular flexibility index (Phi) is 2.37. The molecule has 1 N–H and O–H groups in total. The van der Waals surface area contributed by atoms with Crippen molar-refractivity contribution in [1.82, 2.24) is 10.2 Å². The summed E-state index contributed by atoms with van der Waals surface area (Å²) in [6.07, 6.45) is 2.76. The minimum atomic E-state index is 0.449. The fourth-order valence-electron chi connectivity index (χ4n) is 2.96. The lowest BCUT2D eigenvalue weighted by Crippen LogP contribution is -2.48. The molecule has 0 saturated carbocycles. The van der Waals surface area contributed by atoms with E-state index in [0.717, 1.165) is 12.0 Å². The molecule has 13 heavy (non-hydrogen) atoms. The van der Waals surface area contributed by atoms with E-state index < -0.39 is 0 Å². The van der Waals surface area contributed by atoms with Crippen LogP contribution in [-0.2, 0) is 0 Å². The van der Waals surface area contributed by atoms with Crippen molar-refractivity contribution in [2.24, 2.45) is 5.92 Å². The number of hydrogen-bond acceptors (Lipinski definition) is 2. The van der Waals surface area contributed by atoms with E-state index >= 15 is 0 Å². The van der Waals surface area contributed by atoms with Gasteiger partial charge in [-0.2, -0.15) is 0 Å². The molecule has 2 aliphatic heterocycles. The van der Waals surface area contributed by atoms with Gasteiger partial charge in [0.15, 0.2) is 0 Å². The quantitative estimate of drug-likeness (QED) is 0.660. The highest BCUT2D eigenvalue weighted by Crippen LogP contribution is 2.33. The Balaban J connectivity index is 2.07. The topological polar surface area (TPSA) is 15.3 Å². The lowest BCUT2D eigenvalue weighted by Gasteiger charge is -2.38. The van der Waals surface area contributed by atoms with Crippen molar-refractivity contribution in [3.05, 3.63) is 0 Å². The van der Waals surface area contributed by atoms with E-state index in [0.29, 0.717) is 5.54 Å². The second kappa shape index (κ2) is 3.25. The molecule has 0 radical (unpaired) electrons. The Bertz CT molecular complexity index is 189. The van der Waals surface area contributed by atoms with E-state index in [1.54, 1.807) is 0 Å². The molecule has 2 unspecified atom stereocenters. The molecule has 0 bridgehead atoms. The largest absolute Gasteiger partial charge is 0.315 e. The monoisotopic (exact) mass is 182 g/mol.